The fourth-order valence-corrected chi connectivity index (χ4v) is 1.33. The molecule has 0 aromatic rings. The standard InChI is InChI=1S/C13H28N2O3.ClH/c1-5-17-8-9-18-10-13(16)15(4)7-6-12(14)11(2)3;/h11-12H,5-10,14H2,1-4H3;1H. The molecule has 1 unspecified atom stereocenters. The van der Waals surface area contributed by atoms with Crippen LogP contribution in [0.3, 0.4) is 0 Å². The summed E-state index contributed by atoms with van der Waals surface area (Å²) in [5.74, 6) is 0.429. The van der Waals surface area contributed by atoms with Crippen LogP contribution in [0.2, 0.25) is 0 Å². The highest BCUT2D eigenvalue weighted by Crippen LogP contribution is 2.03. The fourth-order valence-electron chi connectivity index (χ4n) is 1.33. The Kier molecular flexibility index (Phi) is 14.0. The molecule has 2 N–H and O–H groups in total. The molecule has 116 valence electrons. The predicted molar refractivity (Wildman–Crippen MR) is 79.6 cm³/mol. The van der Waals surface area contributed by atoms with Gasteiger partial charge < -0.3 is 20.1 Å². The molecular weight excluding hydrogens is 268 g/mol. The van der Waals surface area contributed by atoms with Crippen molar-refractivity contribution in [3.63, 3.8) is 0 Å². The van der Waals surface area contributed by atoms with E-state index >= 15 is 0 Å². The van der Waals surface area contributed by atoms with Crippen molar-refractivity contribution in [2.45, 2.75) is 33.2 Å². The van der Waals surface area contributed by atoms with Crippen LogP contribution in [0, 0.1) is 5.92 Å². The van der Waals surface area contributed by atoms with Crippen molar-refractivity contribution in [3.8, 4) is 0 Å². The molecule has 0 heterocycles. The summed E-state index contributed by atoms with van der Waals surface area (Å²) in [6.45, 7) is 8.55. The molecule has 0 fully saturated rings. The molecule has 1 amide bonds. The Labute approximate surface area is 123 Å². The topological polar surface area (TPSA) is 64.8 Å². The van der Waals surface area contributed by atoms with Crippen LogP contribution >= 0.6 is 12.4 Å². The summed E-state index contributed by atoms with van der Waals surface area (Å²) in [5.41, 5.74) is 5.93. The van der Waals surface area contributed by atoms with Crippen LogP contribution in [0.15, 0.2) is 0 Å². The molecule has 0 bridgehead atoms. The average Bonchev–Trinajstić information content (AvgIpc) is 2.34. The van der Waals surface area contributed by atoms with Crippen LogP contribution in [-0.4, -0.2) is 56.9 Å². The van der Waals surface area contributed by atoms with Crippen LogP contribution < -0.4 is 5.73 Å². The SMILES string of the molecule is CCOCCOCC(=O)N(C)CCC(N)C(C)C.Cl. The summed E-state index contributed by atoms with van der Waals surface area (Å²) in [6, 6.07) is 0.138. The Morgan fingerprint density at radius 2 is 1.84 bits per heavy atom. The number of hydrogen-bond donors (Lipinski definition) is 1. The van der Waals surface area contributed by atoms with Crippen molar-refractivity contribution in [2.75, 3.05) is 40.0 Å². The summed E-state index contributed by atoms with van der Waals surface area (Å²) in [6.07, 6.45) is 0.818. The maximum absolute atomic E-state index is 11.7. The number of nitrogens with two attached hydrogens (primary N) is 1. The highest BCUT2D eigenvalue weighted by atomic mass is 35.5. The van der Waals surface area contributed by atoms with Crippen molar-refractivity contribution in [1.82, 2.24) is 4.90 Å². The molecule has 19 heavy (non-hydrogen) atoms. The number of nitrogens with zero attached hydrogens (tertiary/aromatic N) is 1. The molecule has 0 saturated carbocycles. The normalized spacial score (nSPS) is 12.1. The molecule has 0 saturated heterocycles. The molecular formula is C13H29ClN2O3. The second-order valence-corrected chi connectivity index (χ2v) is 4.76. The Hall–Kier alpha value is -0.360. The number of hydrogen-bond acceptors (Lipinski definition) is 4. The minimum absolute atomic E-state index is 0. The zero-order valence-electron chi connectivity index (χ0n) is 12.6. The van der Waals surface area contributed by atoms with Gasteiger partial charge in [0.15, 0.2) is 0 Å². The van der Waals surface area contributed by atoms with E-state index in [0.717, 1.165) is 6.42 Å². The van der Waals surface area contributed by atoms with Crippen molar-refractivity contribution in [2.24, 2.45) is 11.7 Å². The van der Waals surface area contributed by atoms with Gasteiger partial charge in [-0.05, 0) is 19.3 Å². The van der Waals surface area contributed by atoms with E-state index in [1.54, 1.807) is 11.9 Å². The monoisotopic (exact) mass is 296 g/mol. The van der Waals surface area contributed by atoms with E-state index in [0.29, 0.717) is 32.3 Å². The van der Waals surface area contributed by atoms with Gasteiger partial charge in [0.2, 0.25) is 5.91 Å². The first kappa shape index (κ1) is 20.9. The second kappa shape index (κ2) is 12.7. The largest absolute Gasteiger partial charge is 0.379 e. The summed E-state index contributed by atoms with van der Waals surface area (Å²) in [5, 5.41) is 0. The number of ether oxygens (including phenoxy) is 2. The van der Waals surface area contributed by atoms with Gasteiger partial charge in [-0.3, -0.25) is 4.79 Å². The van der Waals surface area contributed by atoms with E-state index in [2.05, 4.69) is 13.8 Å². The lowest BCUT2D eigenvalue weighted by atomic mass is 10.0. The lowest BCUT2D eigenvalue weighted by Gasteiger charge is -2.21. The van der Waals surface area contributed by atoms with Gasteiger partial charge in [-0.25, -0.2) is 0 Å². The number of carbonyl (C=O) groups excluding carboxylic acids is 1. The predicted octanol–water partition coefficient (Wildman–Crippen LogP) is 1.29. The smallest absolute Gasteiger partial charge is 0.248 e. The van der Waals surface area contributed by atoms with Crippen LogP contribution in [-0.2, 0) is 14.3 Å². The fraction of sp³-hybridized carbons (Fsp3) is 0.923. The van der Waals surface area contributed by atoms with Crippen molar-refractivity contribution in [1.29, 1.82) is 0 Å². The first-order chi connectivity index (χ1) is 8.49. The second-order valence-electron chi connectivity index (χ2n) is 4.76. The first-order valence-electron chi connectivity index (χ1n) is 6.64. The number of amides is 1. The molecule has 5 nitrogen and oxygen atoms in total. The van der Waals surface area contributed by atoms with Gasteiger partial charge in [0.05, 0.1) is 13.2 Å². The summed E-state index contributed by atoms with van der Waals surface area (Å²) >= 11 is 0. The number of rotatable bonds is 10. The summed E-state index contributed by atoms with van der Waals surface area (Å²) in [4.78, 5) is 13.3. The van der Waals surface area contributed by atoms with Gasteiger partial charge in [0.25, 0.3) is 0 Å². The number of halogens is 1. The molecule has 0 rings (SSSR count). The van der Waals surface area contributed by atoms with E-state index in [4.69, 9.17) is 15.2 Å². The molecule has 0 aromatic heterocycles. The lowest BCUT2D eigenvalue weighted by Crippen LogP contribution is -2.36. The van der Waals surface area contributed by atoms with Crippen LogP contribution in [0.1, 0.15) is 27.2 Å². The molecule has 0 radical (unpaired) electrons. The minimum atomic E-state index is -0.0116. The third-order valence-corrected chi connectivity index (χ3v) is 2.88. The van der Waals surface area contributed by atoms with Gasteiger partial charge in [-0.15, -0.1) is 12.4 Å². The van der Waals surface area contributed by atoms with E-state index in [-0.39, 0.29) is 31.0 Å². The Morgan fingerprint density at radius 3 is 2.37 bits per heavy atom. The molecule has 1 atom stereocenters. The van der Waals surface area contributed by atoms with E-state index in [9.17, 15) is 4.79 Å². The van der Waals surface area contributed by atoms with Crippen LogP contribution in [0.5, 0.6) is 0 Å². The van der Waals surface area contributed by atoms with Gasteiger partial charge >= 0.3 is 0 Å². The average molecular weight is 297 g/mol. The maximum Gasteiger partial charge on any atom is 0.248 e. The van der Waals surface area contributed by atoms with Gasteiger partial charge in [0.1, 0.15) is 6.61 Å². The van der Waals surface area contributed by atoms with Crippen molar-refractivity contribution in [3.05, 3.63) is 0 Å². The molecule has 0 aliphatic heterocycles. The number of likely N-dealkylation sites (N-methyl/N-ethyl adjacent to an activating group) is 1. The quantitative estimate of drug-likeness (QED) is 0.617. The highest BCUT2D eigenvalue weighted by Gasteiger charge is 2.12. The minimum Gasteiger partial charge on any atom is -0.379 e. The Balaban J connectivity index is 0. The first-order valence-corrected chi connectivity index (χ1v) is 6.64. The Bertz CT molecular complexity index is 228. The Morgan fingerprint density at radius 1 is 1.26 bits per heavy atom. The van der Waals surface area contributed by atoms with Gasteiger partial charge in [-0.1, -0.05) is 13.8 Å². The zero-order valence-corrected chi connectivity index (χ0v) is 13.4. The lowest BCUT2D eigenvalue weighted by molar-refractivity contribution is -0.135. The maximum atomic E-state index is 11.7. The van der Waals surface area contributed by atoms with Gasteiger partial charge in [-0.2, -0.15) is 0 Å². The van der Waals surface area contributed by atoms with Crippen LogP contribution in [0.25, 0.3) is 0 Å². The van der Waals surface area contributed by atoms with E-state index in [1.165, 1.54) is 0 Å². The summed E-state index contributed by atoms with van der Waals surface area (Å²) < 4.78 is 10.3. The van der Waals surface area contributed by atoms with E-state index < -0.39 is 0 Å². The molecule has 0 aromatic carbocycles. The third-order valence-electron chi connectivity index (χ3n) is 2.88. The summed E-state index contributed by atoms with van der Waals surface area (Å²) in [7, 11) is 1.78. The molecule has 6 heteroatoms. The van der Waals surface area contributed by atoms with Crippen LogP contribution in [0.4, 0.5) is 0 Å². The van der Waals surface area contributed by atoms with E-state index in [1.807, 2.05) is 6.92 Å². The molecule has 0 spiro atoms. The van der Waals surface area contributed by atoms with Gasteiger partial charge in [0, 0.05) is 26.2 Å². The highest BCUT2D eigenvalue weighted by molar-refractivity contribution is 5.85. The zero-order chi connectivity index (χ0) is 14.0. The number of carbonyl (C=O) groups is 1. The van der Waals surface area contributed by atoms with Crippen molar-refractivity contribution < 1.29 is 14.3 Å². The van der Waals surface area contributed by atoms with Crippen molar-refractivity contribution >= 4 is 18.3 Å². The molecule has 0 aliphatic carbocycles. The third kappa shape index (κ3) is 11.2. The molecule has 0 aliphatic rings.